The average Bonchev–Trinajstić information content (AvgIpc) is 2.14. The number of nitrogens with two attached hydrogens (primary N) is 1. The third-order valence-corrected chi connectivity index (χ3v) is 2.18. The SMILES string of the molecule is NC(CC(=O)O)c1cccc(CC(F)(F)F)c1. The number of rotatable bonds is 4. The molecule has 17 heavy (non-hydrogen) atoms. The zero-order chi connectivity index (χ0) is 13.1. The summed E-state index contributed by atoms with van der Waals surface area (Å²) in [5.41, 5.74) is 6.04. The van der Waals surface area contributed by atoms with E-state index >= 15 is 0 Å². The quantitative estimate of drug-likeness (QED) is 0.857. The van der Waals surface area contributed by atoms with Crippen molar-refractivity contribution in [3.05, 3.63) is 35.4 Å². The minimum atomic E-state index is -4.28. The third-order valence-electron chi connectivity index (χ3n) is 2.18. The van der Waals surface area contributed by atoms with Crippen molar-refractivity contribution in [2.24, 2.45) is 5.73 Å². The summed E-state index contributed by atoms with van der Waals surface area (Å²) in [6.07, 6.45) is -5.63. The molecule has 1 atom stereocenters. The van der Waals surface area contributed by atoms with Gasteiger partial charge in [-0.3, -0.25) is 4.79 Å². The number of aliphatic carboxylic acids is 1. The predicted molar refractivity (Wildman–Crippen MR) is 55.4 cm³/mol. The second-order valence-electron chi connectivity index (χ2n) is 3.74. The summed E-state index contributed by atoms with van der Waals surface area (Å²) < 4.78 is 36.5. The number of benzene rings is 1. The Morgan fingerprint density at radius 1 is 1.41 bits per heavy atom. The van der Waals surface area contributed by atoms with E-state index in [1.807, 2.05) is 0 Å². The summed E-state index contributed by atoms with van der Waals surface area (Å²) >= 11 is 0. The zero-order valence-corrected chi connectivity index (χ0v) is 8.87. The largest absolute Gasteiger partial charge is 0.481 e. The maximum absolute atomic E-state index is 12.2. The lowest BCUT2D eigenvalue weighted by molar-refractivity contribution is -0.137. The summed E-state index contributed by atoms with van der Waals surface area (Å²) in [6.45, 7) is 0. The van der Waals surface area contributed by atoms with E-state index < -0.39 is 24.6 Å². The van der Waals surface area contributed by atoms with Gasteiger partial charge in [-0.1, -0.05) is 24.3 Å². The zero-order valence-electron chi connectivity index (χ0n) is 8.87. The van der Waals surface area contributed by atoms with Crippen LogP contribution in [0.15, 0.2) is 24.3 Å². The molecule has 0 aliphatic rings. The molecule has 0 saturated carbocycles. The van der Waals surface area contributed by atoms with E-state index in [0.29, 0.717) is 5.56 Å². The van der Waals surface area contributed by atoms with E-state index in [1.165, 1.54) is 24.3 Å². The topological polar surface area (TPSA) is 63.3 Å². The minimum absolute atomic E-state index is 0.0795. The van der Waals surface area contributed by atoms with E-state index in [-0.39, 0.29) is 12.0 Å². The molecule has 1 aromatic rings. The Labute approximate surface area is 96.0 Å². The van der Waals surface area contributed by atoms with Crippen molar-refractivity contribution in [1.29, 1.82) is 0 Å². The summed E-state index contributed by atoms with van der Waals surface area (Å²) in [5, 5.41) is 8.54. The van der Waals surface area contributed by atoms with Gasteiger partial charge < -0.3 is 10.8 Å². The van der Waals surface area contributed by atoms with Crippen molar-refractivity contribution in [3.63, 3.8) is 0 Å². The van der Waals surface area contributed by atoms with Crippen LogP contribution in [0.1, 0.15) is 23.6 Å². The Hall–Kier alpha value is -1.56. The molecule has 0 aromatic heterocycles. The summed E-state index contributed by atoms with van der Waals surface area (Å²) in [5.74, 6) is -1.08. The van der Waals surface area contributed by atoms with Crippen LogP contribution >= 0.6 is 0 Å². The lowest BCUT2D eigenvalue weighted by Gasteiger charge is -2.12. The highest BCUT2D eigenvalue weighted by molar-refractivity contribution is 5.67. The fourth-order valence-corrected chi connectivity index (χ4v) is 1.47. The molecule has 0 heterocycles. The van der Waals surface area contributed by atoms with Crippen LogP contribution in [-0.2, 0) is 11.2 Å². The molecule has 3 nitrogen and oxygen atoms in total. The van der Waals surface area contributed by atoms with Crippen molar-refractivity contribution in [2.75, 3.05) is 0 Å². The number of carbonyl (C=O) groups is 1. The highest BCUT2D eigenvalue weighted by atomic mass is 19.4. The number of carboxylic acid groups (broad SMARTS) is 1. The normalized spacial score (nSPS) is 13.4. The van der Waals surface area contributed by atoms with Crippen LogP contribution in [0.3, 0.4) is 0 Å². The lowest BCUT2D eigenvalue weighted by Crippen LogP contribution is -2.16. The van der Waals surface area contributed by atoms with Gasteiger partial charge >= 0.3 is 12.1 Å². The highest BCUT2D eigenvalue weighted by Gasteiger charge is 2.27. The first kappa shape index (κ1) is 13.5. The van der Waals surface area contributed by atoms with Crippen molar-refractivity contribution in [3.8, 4) is 0 Å². The molecule has 0 amide bonds. The molecule has 3 N–H and O–H groups in total. The van der Waals surface area contributed by atoms with Gasteiger partial charge in [-0.15, -0.1) is 0 Å². The van der Waals surface area contributed by atoms with Crippen molar-refractivity contribution >= 4 is 5.97 Å². The van der Waals surface area contributed by atoms with Gasteiger partial charge in [-0.05, 0) is 11.1 Å². The van der Waals surface area contributed by atoms with Crippen LogP contribution in [-0.4, -0.2) is 17.3 Å². The van der Waals surface area contributed by atoms with Crippen LogP contribution in [0, 0.1) is 0 Å². The molecular weight excluding hydrogens is 235 g/mol. The molecule has 1 rings (SSSR count). The molecule has 1 aromatic carbocycles. The molecule has 0 fully saturated rings. The standard InChI is InChI=1S/C11H12F3NO2/c12-11(13,14)6-7-2-1-3-8(4-7)9(15)5-10(16)17/h1-4,9H,5-6,15H2,(H,16,17). The number of alkyl halides is 3. The Bertz CT molecular complexity index is 404. The van der Waals surface area contributed by atoms with Crippen LogP contribution < -0.4 is 5.73 Å². The maximum atomic E-state index is 12.2. The van der Waals surface area contributed by atoms with E-state index in [1.54, 1.807) is 0 Å². The van der Waals surface area contributed by atoms with Gasteiger partial charge in [0.15, 0.2) is 0 Å². The molecule has 0 aliphatic carbocycles. The predicted octanol–water partition coefficient (Wildman–Crippen LogP) is 2.27. The van der Waals surface area contributed by atoms with Crippen LogP contribution in [0.5, 0.6) is 0 Å². The molecule has 0 bridgehead atoms. The van der Waals surface area contributed by atoms with E-state index in [4.69, 9.17) is 10.8 Å². The molecule has 6 heteroatoms. The number of halogens is 3. The van der Waals surface area contributed by atoms with Crippen LogP contribution in [0.4, 0.5) is 13.2 Å². The maximum Gasteiger partial charge on any atom is 0.393 e. The van der Waals surface area contributed by atoms with Crippen molar-refractivity contribution in [1.82, 2.24) is 0 Å². The average molecular weight is 247 g/mol. The van der Waals surface area contributed by atoms with E-state index in [0.717, 1.165) is 0 Å². The van der Waals surface area contributed by atoms with Gasteiger partial charge in [0, 0.05) is 6.04 Å². The smallest absolute Gasteiger partial charge is 0.393 e. The Balaban J connectivity index is 2.82. The Morgan fingerprint density at radius 2 is 2.06 bits per heavy atom. The molecule has 0 spiro atoms. The van der Waals surface area contributed by atoms with E-state index in [2.05, 4.69) is 0 Å². The number of hydrogen-bond donors (Lipinski definition) is 2. The highest BCUT2D eigenvalue weighted by Crippen LogP contribution is 2.23. The Morgan fingerprint density at radius 3 is 2.59 bits per heavy atom. The second-order valence-corrected chi connectivity index (χ2v) is 3.74. The lowest BCUT2D eigenvalue weighted by atomic mass is 10.0. The van der Waals surface area contributed by atoms with Crippen LogP contribution in [0.25, 0.3) is 0 Å². The van der Waals surface area contributed by atoms with E-state index in [9.17, 15) is 18.0 Å². The first-order valence-corrected chi connectivity index (χ1v) is 4.91. The van der Waals surface area contributed by atoms with Gasteiger partial charge in [-0.25, -0.2) is 0 Å². The first-order valence-electron chi connectivity index (χ1n) is 4.91. The number of hydrogen-bond acceptors (Lipinski definition) is 2. The second kappa shape index (κ2) is 5.18. The molecule has 0 aliphatic heterocycles. The summed E-state index contributed by atoms with van der Waals surface area (Å²) in [4.78, 5) is 10.4. The fourth-order valence-electron chi connectivity index (χ4n) is 1.47. The monoisotopic (exact) mass is 247 g/mol. The van der Waals surface area contributed by atoms with Crippen LogP contribution in [0.2, 0.25) is 0 Å². The van der Waals surface area contributed by atoms with Gasteiger partial charge in [0.25, 0.3) is 0 Å². The van der Waals surface area contributed by atoms with Gasteiger partial charge in [-0.2, -0.15) is 13.2 Å². The molecule has 0 saturated heterocycles. The molecular formula is C11H12F3NO2. The first-order chi connectivity index (χ1) is 7.78. The Kier molecular flexibility index (Phi) is 4.11. The summed E-state index contributed by atoms with van der Waals surface area (Å²) in [6, 6.07) is 4.80. The number of carboxylic acids is 1. The van der Waals surface area contributed by atoms with Gasteiger partial charge in [0.05, 0.1) is 12.8 Å². The van der Waals surface area contributed by atoms with Gasteiger partial charge in [0.2, 0.25) is 0 Å². The van der Waals surface area contributed by atoms with Crippen molar-refractivity contribution < 1.29 is 23.1 Å². The minimum Gasteiger partial charge on any atom is -0.481 e. The van der Waals surface area contributed by atoms with Crippen molar-refractivity contribution in [2.45, 2.75) is 25.1 Å². The molecule has 94 valence electrons. The fraction of sp³-hybridized carbons (Fsp3) is 0.364. The summed E-state index contributed by atoms with van der Waals surface area (Å²) in [7, 11) is 0. The molecule has 0 radical (unpaired) electrons. The molecule has 1 unspecified atom stereocenters. The third kappa shape index (κ3) is 4.86. The van der Waals surface area contributed by atoms with Gasteiger partial charge in [0.1, 0.15) is 0 Å².